The summed E-state index contributed by atoms with van der Waals surface area (Å²) in [6.07, 6.45) is 6.25. The van der Waals surface area contributed by atoms with Crippen LogP contribution in [0, 0.1) is 0 Å². The maximum Gasteiger partial charge on any atom is 0.134 e. The van der Waals surface area contributed by atoms with Gasteiger partial charge in [-0.15, -0.1) is 0 Å². The molecule has 0 saturated carbocycles. The van der Waals surface area contributed by atoms with E-state index in [4.69, 9.17) is 11.6 Å². The highest BCUT2D eigenvalue weighted by atomic mass is 35.5. The number of nitrogens with zero attached hydrogens (tertiary/aromatic N) is 2. The molecule has 0 unspecified atom stereocenters. The molecule has 0 amide bonds. The van der Waals surface area contributed by atoms with Crippen molar-refractivity contribution in [2.45, 2.75) is 25.7 Å². The van der Waals surface area contributed by atoms with E-state index in [2.05, 4.69) is 33.5 Å². The van der Waals surface area contributed by atoms with Crippen LogP contribution < -0.4 is 5.32 Å². The van der Waals surface area contributed by atoms with Crippen LogP contribution >= 0.6 is 11.6 Å². The molecule has 2 aromatic rings. The lowest BCUT2D eigenvalue weighted by Crippen LogP contribution is -2.06. The van der Waals surface area contributed by atoms with Gasteiger partial charge in [-0.05, 0) is 42.4 Å². The summed E-state index contributed by atoms with van der Waals surface area (Å²) in [5.74, 6) is 0.779. The monoisotopic (exact) mass is 273 g/mol. The average Bonchev–Trinajstić information content (AvgIpc) is 2.86. The maximum absolute atomic E-state index is 5.81. The lowest BCUT2D eigenvalue weighted by Gasteiger charge is -2.07. The highest BCUT2D eigenvalue weighted by molar-refractivity contribution is 6.29. The molecule has 1 aromatic heterocycles. The Morgan fingerprint density at radius 1 is 1.11 bits per heavy atom. The summed E-state index contributed by atoms with van der Waals surface area (Å²) in [6.45, 7) is 0.853. The summed E-state index contributed by atoms with van der Waals surface area (Å²) in [4.78, 5) is 7.98. The average molecular weight is 274 g/mol. The molecule has 1 aromatic carbocycles. The first-order chi connectivity index (χ1) is 9.31. The van der Waals surface area contributed by atoms with Gasteiger partial charge in [0.15, 0.2) is 0 Å². The number of anilines is 1. The highest BCUT2D eigenvalue weighted by Crippen LogP contribution is 2.23. The minimum Gasteiger partial charge on any atom is -0.370 e. The number of nitrogens with one attached hydrogen (secondary N) is 1. The molecule has 0 atom stereocenters. The van der Waals surface area contributed by atoms with Crippen LogP contribution in [-0.2, 0) is 19.3 Å². The molecule has 0 fully saturated rings. The molecule has 1 N–H and O–H groups in total. The first-order valence-corrected chi connectivity index (χ1v) is 7.01. The van der Waals surface area contributed by atoms with E-state index in [0.717, 1.165) is 18.8 Å². The zero-order valence-corrected chi connectivity index (χ0v) is 11.5. The molecule has 0 spiro atoms. The topological polar surface area (TPSA) is 37.8 Å². The molecule has 0 bridgehead atoms. The predicted molar refractivity (Wildman–Crippen MR) is 77.7 cm³/mol. The van der Waals surface area contributed by atoms with Gasteiger partial charge in [-0.25, -0.2) is 9.97 Å². The molecular formula is C15H16ClN3. The van der Waals surface area contributed by atoms with Crippen molar-refractivity contribution in [1.29, 1.82) is 0 Å². The Labute approximate surface area is 118 Å². The minimum absolute atomic E-state index is 0.468. The van der Waals surface area contributed by atoms with Crippen molar-refractivity contribution >= 4 is 17.4 Å². The summed E-state index contributed by atoms with van der Waals surface area (Å²) in [7, 11) is 0. The Morgan fingerprint density at radius 3 is 2.89 bits per heavy atom. The molecule has 1 aliphatic carbocycles. The summed E-state index contributed by atoms with van der Waals surface area (Å²) in [5.41, 5.74) is 4.44. The third-order valence-corrected chi connectivity index (χ3v) is 3.72. The smallest absolute Gasteiger partial charge is 0.134 e. The number of benzene rings is 1. The summed E-state index contributed by atoms with van der Waals surface area (Å²) < 4.78 is 0. The summed E-state index contributed by atoms with van der Waals surface area (Å²) in [6, 6.07) is 8.60. The van der Waals surface area contributed by atoms with Crippen LogP contribution in [0.4, 0.5) is 5.82 Å². The Balaban J connectivity index is 1.58. The Morgan fingerprint density at radius 2 is 2.00 bits per heavy atom. The van der Waals surface area contributed by atoms with E-state index in [0.29, 0.717) is 5.15 Å². The van der Waals surface area contributed by atoms with E-state index < -0.39 is 0 Å². The zero-order valence-electron chi connectivity index (χ0n) is 10.7. The van der Waals surface area contributed by atoms with Crippen molar-refractivity contribution in [2.75, 3.05) is 11.9 Å². The largest absolute Gasteiger partial charge is 0.370 e. The van der Waals surface area contributed by atoms with Crippen molar-refractivity contribution in [3.8, 4) is 0 Å². The van der Waals surface area contributed by atoms with Crippen LogP contribution in [0.1, 0.15) is 23.1 Å². The van der Waals surface area contributed by atoms with Crippen molar-refractivity contribution < 1.29 is 0 Å². The normalized spacial score (nSPS) is 13.3. The molecule has 3 rings (SSSR count). The lowest BCUT2D eigenvalue weighted by atomic mass is 10.0. The van der Waals surface area contributed by atoms with Crippen molar-refractivity contribution in [2.24, 2.45) is 0 Å². The standard InChI is InChI=1S/C15H16ClN3/c16-14-9-15(19-10-18-14)17-7-6-11-4-5-12-2-1-3-13(12)8-11/h4-5,8-10H,1-3,6-7H2,(H,17,18,19). The first kappa shape index (κ1) is 12.4. The Bertz CT molecular complexity index is 583. The number of aromatic nitrogens is 2. The number of hydrogen-bond acceptors (Lipinski definition) is 3. The third kappa shape index (κ3) is 3.04. The van der Waals surface area contributed by atoms with Gasteiger partial charge in [0.25, 0.3) is 0 Å². The van der Waals surface area contributed by atoms with Gasteiger partial charge in [-0.1, -0.05) is 29.8 Å². The van der Waals surface area contributed by atoms with E-state index >= 15 is 0 Å². The van der Waals surface area contributed by atoms with E-state index in [9.17, 15) is 0 Å². The van der Waals surface area contributed by atoms with Gasteiger partial charge in [0.2, 0.25) is 0 Å². The zero-order chi connectivity index (χ0) is 13.1. The van der Waals surface area contributed by atoms with Crippen LogP contribution in [-0.4, -0.2) is 16.5 Å². The number of aryl methyl sites for hydroxylation is 2. The van der Waals surface area contributed by atoms with E-state index in [1.807, 2.05) is 0 Å². The second kappa shape index (κ2) is 5.57. The Hall–Kier alpha value is -1.61. The van der Waals surface area contributed by atoms with Gasteiger partial charge in [-0.3, -0.25) is 0 Å². The fourth-order valence-corrected chi connectivity index (χ4v) is 2.69. The molecular weight excluding hydrogens is 258 g/mol. The van der Waals surface area contributed by atoms with E-state index in [-0.39, 0.29) is 0 Å². The number of rotatable bonds is 4. The fraction of sp³-hybridized carbons (Fsp3) is 0.333. The van der Waals surface area contributed by atoms with Crippen molar-refractivity contribution in [3.05, 3.63) is 52.4 Å². The second-order valence-electron chi connectivity index (χ2n) is 4.86. The number of hydrogen-bond donors (Lipinski definition) is 1. The quantitative estimate of drug-likeness (QED) is 0.869. The lowest BCUT2D eigenvalue weighted by molar-refractivity contribution is 0.911. The number of fused-ring (bicyclic) bond motifs is 1. The molecule has 1 heterocycles. The number of halogens is 1. The maximum atomic E-state index is 5.81. The first-order valence-electron chi connectivity index (χ1n) is 6.63. The third-order valence-electron chi connectivity index (χ3n) is 3.52. The molecule has 0 saturated heterocycles. The summed E-state index contributed by atoms with van der Waals surface area (Å²) >= 11 is 5.81. The van der Waals surface area contributed by atoms with Gasteiger partial charge < -0.3 is 5.32 Å². The van der Waals surface area contributed by atoms with E-state index in [1.54, 1.807) is 6.07 Å². The minimum atomic E-state index is 0.468. The molecule has 1 aliphatic rings. The van der Waals surface area contributed by atoms with Gasteiger partial charge in [0.1, 0.15) is 17.3 Å². The fourth-order valence-electron chi connectivity index (χ4n) is 2.55. The van der Waals surface area contributed by atoms with Gasteiger partial charge in [0, 0.05) is 12.6 Å². The molecule has 4 heteroatoms. The van der Waals surface area contributed by atoms with Crippen LogP contribution in [0.3, 0.4) is 0 Å². The van der Waals surface area contributed by atoms with Crippen LogP contribution in [0.15, 0.2) is 30.6 Å². The summed E-state index contributed by atoms with van der Waals surface area (Å²) in [5, 5.41) is 3.73. The van der Waals surface area contributed by atoms with E-state index in [1.165, 1.54) is 42.3 Å². The van der Waals surface area contributed by atoms with Gasteiger partial charge in [0.05, 0.1) is 0 Å². The Kier molecular flexibility index (Phi) is 3.65. The van der Waals surface area contributed by atoms with Gasteiger partial charge >= 0.3 is 0 Å². The van der Waals surface area contributed by atoms with Crippen molar-refractivity contribution in [3.63, 3.8) is 0 Å². The van der Waals surface area contributed by atoms with Gasteiger partial charge in [-0.2, -0.15) is 0 Å². The van der Waals surface area contributed by atoms with Crippen LogP contribution in [0.5, 0.6) is 0 Å². The predicted octanol–water partition coefficient (Wildman–Crippen LogP) is 3.27. The SMILES string of the molecule is Clc1cc(NCCc2ccc3c(c2)CCC3)ncn1. The molecule has 0 aliphatic heterocycles. The molecule has 98 valence electrons. The van der Waals surface area contributed by atoms with Crippen LogP contribution in [0.25, 0.3) is 0 Å². The molecule has 0 radical (unpaired) electrons. The molecule has 19 heavy (non-hydrogen) atoms. The van der Waals surface area contributed by atoms with Crippen LogP contribution in [0.2, 0.25) is 5.15 Å². The second-order valence-corrected chi connectivity index (χ2v) is 5.25. The van der Waals surface area contributed by atoms with Crippen molar-refractivity contribution in [1.82, 2.24) is 9.97 Å². The molecule has 3 nitrogen and oxygen atoms in total. The highest BCUT2D eigenvalue weighted by Gasteiger charge is 2.10.